The molecule has 1 aromatic heterocycles. The van der Waals surface area contributed by atoms with Gasteiger partial charge >= 0.3 is 0 Å². The van der Waals surface area contributed by atoms with E-state index in [2.05, 4.69) is 31.2 Å². The van der Waals surface area contributed by atoms with Gasteiger partial charge in [-0.15, -0.1) is 0 Å². The van der Waals surface area contributed by atoms with Gasteiger partial charge in [0.1, 0.15) is 0 Å². The maximum Gasteiger partial charge on any atom is 0.0677 e. The van der Waals surface area contributed by atoms with Crippen LogP contribution in [0.4, 0.5) is 0 Å². The Morgan fingerprint density at radius 3 is 2.62 bits per heavy atom. The number of nitrogens with one attached hydrogen (secondary N) is 1. The van der Waals surface area contributed by atoms with Crippen LogP contribution in [0.25, 0.3) is 0 Å². The Labute approximate surface area is 136 Å². The number of hydrogen-bond donors (Lipinski definition) is 1. The van der Waals surface area contributed by atoms with Crippen LogP contribution in [0.5, 0.6) is 0 Å². The van der Waals surface area contributed by atoms with Crippen LogP contribution in [0.2, 0.25) is 10.0 Å². The van der Waals surface area contributed by atoms with Crippen molar-refractivity contribution in [2.24, 2.45) is 0 Å². The summed E-state index contributed by atoms with van der Waals surface area (Å²) in [7, 11) is 1.98. The second-order valence-electron chi connectivity index (χ2n) is 5.20. The third-order valence-electron chi connectivity index (χ3n) is 3.89. The minimum Gasteiger partial charge on any atom is -0.313 e. The van der Waals surface area contributed by atoms with Crippen LogP contribution in [0, 0.1) is 13.8 Å². The fraction of sp³-hybridized carbons (Fsp3) is 0.438. The van der Waals surface area contributed by atoms with Crippen molar-refractivity contribution in [3.63, 3.8) is 0 Å². The molecule has 1 atom stereocenters. The van der Waals surface area contributed by atoms with Crippen molar-refractivity contribution < 1.29 is 0 Å². The molecule has 1 aromatic carbocycles. The first kappa shape index (κ1) is 16.3. The van der Waals surface area contributed by atoms with Crippen LogP contribution >= 0.6 is 23.2 Å². The largest absolute Gasteiger partial charge is 0.313 e. The Hall–Kier alpha value is -1.03. The molecular weight excluding hydrogens is 305 g/mol. The van der Waals surface area contributed by atoms with E-state index in [0.717, 1.165) is 17.7 Å². The zero-order valence-corrected chi connectivity index (χ0v) is 14.4. The van der Waals surface area contributed by atoms with Crippen molar-refractivity contribution in [1.29, 1.82) is 0 Å². The van der Waals surface area contributed by atoms with Gasteiger partial charge in [0.05, 0.1) is 22.3 Å². The summed E-state index contributed by atoms with van der Waals surface area (Å²) in [6.45, 7) is 6.96. The van der Waals surface area contributed by atoms with Crippen LogP contribution in [0.3, 0.4) is 0 Å². The summed E-state index contributed by atoms with van der Waals surface area (Å²) in [6, 6.07) is 6.03. The normalized spacial score (nSPS) is 12.7. The highest BCUT2D eigenvalue weighted by Crippen LogP contribution is 2.28. The molecule has 0 spiro atoms. The lowest BCUT2D eigenvalue weighted by atomic mass is 10.0. The summed E-state index contributed by atoms with van der Waals surface area (Å²) in [5.74, 6) is 0. The molecular formula is C16H21Cl2N3. The van der Waals surface area contributed by atoms with Crippen LogP contribution in [0.1, 0.15) is 41.9 Å². The average Bonchev–Trinajstić information content (AvgIpc) is 2.73. The molecule has 1 N–H and O–H groups in total. The van der Waals surface area contributed by atoms with Gasteiger partial charge in [-0.05, 0) is 38.9 Å². The molecule has 0 saturated carbocycles. The van der Waals surface area contributed by atoms with E-state index in [-0.39, 0.29) is 0 Å². The molecule has 0 saturated heterocycles. The fourth-order valence-corrected chi connectivity index (χ4v) is 3.13. The highest BCUT2D eigenvalue weighted by Gasteiger charge is 2.19. The lowest BCUT2D eigenvalue weighted by molar-refractivity contribution is 0.568. The van der Waals surface area contributed by atoms with Crippen molar-refractivity contribution in [2.45, 2.75) is 39.8 Å². The van der Waals surface area contributed by atoms with Crippen molar-refractivity contribution in [1.82, 2.24) is 15.1 Å². The molecule has 0 aliphatic rings. The van der Waals surface area contributed by atoms with Gasteiger partial charge in [0.25, 0.3) is 0 Å². The molecule has 1 unspecified atom stereocenters. The topological polar surface area (TPSA) is 29.9 Å². The summed E-state index contributed by atoms with van der Waals surface area (Å²) in [4.78, 5) is 0. The fourth-order valence-electron chi connectivity index (χ4n) is 2.75. The molecule has 2 aromatic rings. The summed E-state index contributed by atoms with van der Waals surface area (Å²) in [6.07, 6.45) is 1.03. The van der Waals surface area contributed by atoms with Crippen LogP contribution in [-0.2, 0) is 6.54 Å². The molecule has 3 nitrogen and oxygen atoms in total. The molecule has 5 heteroatoms. The Bertz CT molecular complexity index is 631. The third-order valence-corrected chi connectivity index (χ3v) is 4.75. The molecule has 114 valence electrons. The zero-order valence-electron chi connectivity index (χ0n) is 12.9. The van der Waals surface area contributed by atoms with E-state index in [4.69, 9.17) is 23.2 Å². The molecule has 0 bridgehead atoms. The third kappa shape index (κ3) is 3.25. The Kier molecular flexibility index (Phi) is 5.31. The number of hydrogen-bond acceptors (Lipinski definition) is 2. The molecule has 0 aliphatic heterocycles. The van der Waals surface area contributed by atoms with Crippen LogP contribution in [-0.4, -0.2) is 16.8 Å². The SMILES string of the molecule is CCC(NC)c1c(C)nn(Cc2cccc(Cl)c2Cl)c1C. The monoisotopic (exact) mass is 325 g/mol. The standard InChI is InChI=1S/C16H21Cl2N3/c1-5-14(19-4)15-10(2)20-21(11(15)3)9-12-7-6-8-13(17)16(12)18/h6-8,14,19H,5,9H2,1-4H3. The van der Waals surface area contributed by atoms with Crippen molar-refractivity contribution in [3.8, 4) is 0 Å². The molecule has 1 heterocycles. The smallest absolute Gasteiger partial charge is 0.0677 e. The summed E-state index contributed by atoms with van der Waals surface area (Å²) in [5.41, 5.74) is 4.49. The first-order valence-electron chi connectivity index (χ1n) is 7.13. The first-order chi connectivity index (χ1) is 9.99. The number of halogens is 2. The van der Waals surface area contributed by atoms with E-state index in [1.54, 1.807) is 6.07 Å². The Balaban J connectivity index is 2.38. The van der Waals surface area contributed by atoms with E-state index in [1.807, 2.05) is 23.9 Å². The van der Waals surface area contributed by atoms with E-state index in [0.29, 0.717) is 22.6 Å². The minimum absolute atomic E-state index is 0.327. The summed E-state index contributed by atoms with van der Waals surface area (Å²) >= 11 is 12.4. The van der Waals surface area contributed by atoms with Crippen molar-refractivity contribution >= 4 is 23.2 Å². The summed E-state index contributed by atoms with van der Waals surface area (Å²) in [5, 5.41) is 9.20. The maximum atomic E-state index is 6.27. The van der Waals surface area contributed by atoms with E-state index in [9.17, 15) is 0 Å². The van der Waals surface area contributed by atoms with Crippen LogP contribution in [0.15, 0.2) is 18.2 Å². The highest BCUT2D eigenvalue weighted by atomic mass is 35.5. The maximum absolute atomic E-state index is 6.27. The molecule has 0 aliphatic carbocycles. The van der Waals surface area contributed by atoms with E-state index >= 15 is 0 Å². The molecule has 2 rings (SSSR count). The Morgan fingerprint density at radius 1 is 1.29 bits per heavy atom. The second-order valence-corrected chi connectivity index (χ2v) is 5.99. The van der Waals surface area contributed by atoms with Crippen molar-refractivity contribution in [3.05, 3.63) is 50.8 Å². The average molecular weight is 326 g/mol. The lowest BCUT2D eigenvalue weighted by Gasteiger charge is -2.15. The van der Waals surface area contributed by atoms with E-state index in [1.165, 1.54) is 11.3 Å². The van der Waals surface area contributed by atoms with Gasteiger partial charge in [0, 0.05) is 17.3 Å². The molecule has 0 radical (unpaired) electrons. The number of nitrogens with zero attached hydrogens (tertiary/aromatic N) is 2. The molecule has 21 heavy (non-hydrogen) atoms. The van der Waals surface area contributed by atoms with Gasteiger partial charge in [-0.2, -0.15) is 5.10 Å². The highest BCUT2D eigenvalue weighted by molar-refractivity contribution is 6.42. The second kappa shape index (κ2) is 6.82. The number of aryl methyl sites for hydroxylation is 1. The number of rotatable bonds is 5. The number of aromatic nitrogens is 2. The zero-order chi connectivity index (χ0) is 15.6. The van der Waals surface area contributed by atoms with Gasteiger partial charge in [-0.1, -0.05) is 42.3 Å². The number of benzene rings is 1. The Morgan fingerprint density at radius 2 is 2.00 bits per heavy atom. The van der Waals surface area contributed by atoms with E-state index < -0.39 is 0 Å². The van der Waals surface area contributed by atoms with Gasteiger partial charge in [0.15, 0.2) is 0 Å². The van der Waals surface area contributed by atoms with Gasteiger partial charge in [-0.25, -0.2) is 0 Å². The van der Waals surface area contributed by atoms with Gasteiger partial charge < -0.3 is 5.32 Å². The van der Waals surface area contributed by atoms with Crippen LogP contribution < -0.4 is 5.32 Å². The predicted molar refractivity (Wildman–Crippen MR) is 89.4 cm³/mol. The minimum atomic E-state index is 0.327. The van der Waals surface area contributed by atoms with Crippen molar-refractivity contribution in [2.75, 3.05) is 7.05 Å². The molecule has 0 fully saturated rings. The molecule has 0 amide bonds. The van der Waals surface area contributed by atoms with Gasteiger partial charge in [0.2, 0.25) is 0 Å². The lowest BCUT2D eigenvalue weighted by Crippen LogP contribution is -2.17. The summed E-state index contributed by atoms with van der Waals surface area (Å²) < 4.78 is 2.00. The van der Waals surface area contributed by atoms with Gasteiger partial charge in [-0.3, -0.25) is 4.68 Å². The predicted octanol–water partition coefficient (Wildman–Crippen LogP) is 4.53. The quantitative estimate of drug-likeness (QED) is 0.875. The first-order valence-corrected chi connectivity index (χ1v) is 7.89.